The second-order valence-electron chi connectivity index (χ2n) is 3.72. The summed E-state index contributed by atoms with van der Waals surface area (Å²) >= 11 is 4.84. The number of hydrogen-bond donors (Lipinski definition) is 0. The molecule has 0 atom stereocenters. The highest BCUT2D eigenvalue weighted by Gasteiger charge is 2.03. The predicted octanol–water partition coefficient (Wildman–Crippen LogP) is 3.59. The molecule has 0 aliphatic heterocycles. The van der Waals surface area contributed by atoms with Gasteiger partial charge in [0.1, 0.15) is 11.6 Å². The SMILES string of the molecule is Cc1nnc(CSCCOc2cc(F)cc(Br)c2)o1. The lowest BCUT2D eigenvalue weighted by Crippen LogP contribution is -2.01. The Labute approximate surface area is 122 Å². The maximum Gasteiger partial charge on any atom is 0.226 e. The van der Waals surface area contributed by atoms with Gasteiger partial charge in [0.05, 0.1) is 12.4 Å². The van der Waals surface area contributed by atoms with Crippen molar-refractivity contribution in [3.8, 4) is 5.75 Å². The number of rotatable bonds is 6. The average molecular weight is 347 g/mol. The van der Waals surface area contributed by atoms with Crippen LogP contribution in [-0.4, -0.2) is 22.6 Å². The molecule has 19 heavy (non-hydrogen) atoms. The number of aromatic nitrogens is 2. The summed E-state index contributed by atoms with van der Waals surface area (Å²) in [5.74, 6) is 2.78. The molecule has 1 heterocycles. The third kappa shape index (κ3) is 4.83. The van der Waals surface area contributed by atoms with Crippen LogP contribution in [0.5, 0.6) is 5.75 Å². The van der Waals surface area contributed by atoms with E-state index in [0.29, 0.717) is 34.4 Å². The minimum Gasteiger partial charge on any atom is -0.493 e. The van der Waals surface area contributed by atoms with E-state index < -0.39 is 0 Å². The van der Waals surface area contributed by atoms with Gasteiger partial charge >= 0.3 is 0 Å². The van der Waals surface area contributed by atoms with Gasteiger partial charge in [0.15, 0.2) is 0 Å². The molecule has 0 aliphatic rings. The fraction of sp³-hybridized carbons (Fsp3) is 0.333. The predicted molar refractivity (Wildman–Crippen MR) is 74.8 cm³/mol. The van der Waals surface area contributed by atoms with Crippen molar-refractivity contribution in [1.29, 1.82) is 0 Å². The van der Waals surface area contributed by atoms with Gasteiger partial charge in [0.2, 0.25) is 11.8 Å². The molecule has 0 saturated carbocycles. The molecule has 4 nitrogen and oxygen atoms in total. The monoisotopic (exact) mass is 346 g/mol. The fourth-order valence-electron chi connectivity index (χ4n) is 1.39. The van der Waals surface area contributed by atoms with Crippen molar-refractivity contribution in [3.05, 3.63) is 40.3 Å². The van der Waals surface area contributed by atoms with E-state index in [0.717, 1.165) is 5.75 Å². The Bertz CT molecular complexity index is 530. The van der Waals surface area contributed by atoms with Gasteiger partial charge in [-0.3, -0.25) is 0 Å². The van der Waals surface area contributed by atoms with Crippen LogP contribution < -0.4 is 4.74 Å². The number of ether oxygens (including phenoxy) is 1. The molecule has 0 N–H and O–H groups in total. The van der Waals surface area contributed by atoms with E-state index in [9.17, 15) is 4.39 Å². The molecule has 0 fully saturated rings. The highest BCUT2D eigenvalue weighted by molar-refractivity contribution is 9.10. The Morgan fingerprint density at radius 3 is 2.89 bits per heavy atom. The maximum atomic E-state index is 13.1. The highest BCUT2D eigenvalue weighted by atomic mass is 79.9. The number of halogens is 2. The third-order valence-electron chi connectivity index (χ3n) is 2.13. The van der Waals surface area contributed by atoms with E-state index >= 15 is 0 Å². The van der Waals surface area contributed by atoms with Crippen LogP contribution in [0.25, 0.3) is 0 Å². The smallest absolute Gasteiger partial charge is 0.226 e. The summed E-state index contributed by atoms with van der Waals surface area (Å²) in [5, 5.41) is 7.64. The maximum absolute atomic E-state index is 13.1. The highest BCUT2D eigenvalue weighted by Crippen LogP contribution is 2.21. The molecule has 1 aromatic heterocycles. The van der Waals surface area contributed by atoms with Gasteiger partial charge in [0, 0.05) is 23.2 Å². The zero-order valence-electron chi connectivity index (χ0n) is 10.2. The molecule has 2 rings (SSSR count). The van der Waals surface area contributed by atoms with Crippen molar-refractivity contribution in [2.75, 3.05) is 12.4 Å². The van der Waals surface area contributed by atoms with E-state index in [1.54, 1.807) is 24.8 Å². The van der Waals surface area contributed by atoms with Crippen LogP contribution in [0.15, 0.2) is 27.1 Å². The van der Waals surface area contributed by atoms with Crippen LogP contribution >= 0.6 is 27.7 Å². The first-order valence-corrected chi connectivity index (χ1v) is 7.54. The van der Waals surface area contributed by atoms with Gasteiger partial charge in [-0.05, 0) is 12.1 Å². The lowest BCUT2D eigenvalue weighted by Gasteiger charge is -2.06. The summed E-state index contributed by atoms with van der Waals surface area (Å²) in [6.45, 7) is 2.25. The van der Waals surface area contributed by atoms with Crippen LogP contribution in [0.1, 0.15) is 11.8 Å². The van der Waals surface area contributed by atoms with Gasteiger partial charge in [-0.1, -0.05) is 15.9 Å². The first kappa shape index (κ1) is 14.3. The van der Waals surface area contributed by atoms with Gasteiger partial charge in [-0.2, -0.15) is 0 Å². The van der Waals surface area contributed by atoms with Crippen LogP contribution in [0.2, 0.25) is 0 Å². The molecule has 0 bridgehead atoms. The zero-order chi connectivity index (χ0) is 13.7. The average Bonchev–Trinajstić information content (AvgIpc) is 2.73. The Morgan fingerprint density at radius 2 is 2.21 bits per heavy atom. The second-order valence-corrected chi connectivity index (χ2v) is 5.74. The minimum atomic E-state index is -0.321. The van der Waals surface area contributed by atoms with Gasteiger partial charge in [-0.15, -0.1) is 22.0 Å². The number of nitrogens with zero attached hydrogens (tertiary/aromatic N) is 2. The molecule has 0 unspecified atom stereocenters. The Morgan fingerprint density at radius 1 is 1.37 bits per heavy atom. The van der Waals surface area contributed by atoms with Crippen molar-refractivity contribution >= 4 is 27.7 Å². The molecule has 0 amide bonds. The number of aryl methyl sites for hydroxylation is 1. The molecular weight excluding hydrogens is 335 g/mol. The lowest BCUT2D eigenvalue weighted by atomic mass is 10.3. The first-order chi connectivity index (χ1) is 9.13. The third-order valence-corrected chi connectivity index (χ3v) is 3.49. The van der Waals surface area contributed by atoms with Gasteiger partial charge in [0.25, 0.3) is 0 Å². The summed E-state index contributed by atoms with van der Waals surface area (Å²) in [6, 6.07) is 4.48. The summed E-state index contributed by atoms with van der Waals surface area (Å²) < 4.78 is 24.4. The normalized spacial score (nSPS) is 10.7. The Balaban J connectivity index is 1.69. The molecular formula is C12H12BrFN2O2S. The summed E-state index contributed by atoms with van der Waals surface area (Å²) in [5.41, 5.74) is 0. The van der Waals surface area contributed by atoms with Crippen LogP contribution in [-0.2, 0) is 5.75 Å². The molecule has 102 valence electrons. The summed E-state index contributed by atoms with van der Waals surface area (Å²) in [4.78, 5) is 0. The van der Waals surface area contributed by atoms with Crippen molar-refractivity contribution in [3.63, 3.8) is 0 Å². The Kier molecular flexibility index (Phi) is 5.21. The standard InChI is InChI=1S/C12H12BrFN2O2S/c1-8-15-16-12(18-8)7-19-3-2-17-11-5-9(13)4-10(14)6-11/h4-6H,2-3,7H2,1H3. The van der Waals surface area contributed by atoms with Crippen molar-refractivity contribution in [1.82, 2.24) is 10.2 Å². The molecule has 0 saturated heterocycles. The van der Waals surface area contributed by atoms with Crippen LogP contribution in [0.3, 0.4) is 0 Å². The zero-order valence-corrected chi connectivity index (χ0v) is 12.6. The van der Waals surface area contributed by atoms with E-state index in [4.69, 9.17) is 9.15 Å². The van der Waals surface area contributed by atoms with E-state index in [-0.39, 0.29) is 5.82 Å². The molecule has 2 aromatic rings. The van der Waals surface area contributed by atoms with Gasteiger partial charge in [-0.25, -0.2) is 4.39 Å². The Hall–Kier alpha value is -1.08. The van der Waals surface area contributed by atoms with Gasteiger partial charge < -0.3 is 9.15 Å². The van der Waals surface area contributed by atoms with E-state index in [1.807, 2.05) is 0 Å². The largest absolute Gasteiger partial charge is 0.493 e. The van der Waals surface area contributed by atoms with E-state index in [2.05, 4.69) is 26.1 Å². The molecule has 1 aromatic carbocycles. The second kappa shape index (κ2) is 6.91. The quantitative estimate of drug-likeness (QED) is 0.748. The topological polar surface area (TPSA) is 48.2 Å². The van der Waals surface area contributed by atoms with Crippen molar-refractivity contribution in [2.45, 2.75) is 12.7 Å². The number of hydrogen-bond acceptors (Lipinski definition) is 5. The van der Waals surface area contributed by atoms with E-state index in [1.165, 1.54) is 12.1 Å². The van der Waals surface area contributed by atoms with Crippen molar-refractivity contribution in [2.24, 2.45) is 0 Å². The molecule has 0 spiro atoms. The number of thioether (sulfide) groups is 1. The van der Waals surface area contributed by atoms with Crippen LogP contribution in [0, 0.1) is 12.7 Å². The first-order valence-electron chi connectivity index (χ1n) is 5.59. The molecule has 0 radical (unpaired) electrons. The number of benzene rings is 1. The van der Waals surface area contributed by atoms with Crippen LogP contribution in [0.4, 0.5) is 4.39 Å². The van der Waals surface area contributed by atoms with Crippen molar-refractivity contribution < 1.29 is 13.5 Å². The molecule has 7 heteroatoms. The minimum absolute atomic E-state index is 0.321. The summed E-state index contributed by atoms with van der Waals surface area (Å²) in [6.07, 6.45) is 0. The molecule has 0 aliphatic carbocycles. The fourth-order valence-corrected chi connectivity index (χ4v) is 2.47. The lowest BCUT2D eigenvalue weighted by molar-refractivity contribution is 0.341. The summed E-state index contributed by atoms with van der Waals surface area (Å²) in [7, 11) is 0.